The van der Waals surface area contributed by atoms with Crippen molar-refractivity contribution < 1.29 is 9.50 Å². The Morgan fingerprint density at radius 2 is 1.90 bits per heavy atom. The first-order valence-electron chi connectivity index (χ1n) is 13.2. The van der Waals surface area contributed by atoms with Gasteiger partial charge >= 0.3 is 0 Å². The third-order valence-electron chi connectivity index (χ3n) is 7.68. The van der Waals surface area contributed by atoms with Gasteiger partial charge in [-0.2, -0.15) is 10.2 Å². The summed E-state index contributed by atoms with van der Waals surface area (Å²) in [6, 6.07) is 21.5. The van der Waals surface area contributed by atoms with Crippen molar-refractivity contribution in [1.29, 1.82) is 5.26 Å². The number of pyridine rings is 1. The van der Waals surface area contributed by atoms with Gasteiger partial charge in [0.25, 0.3) is 5.56 Å². The summed E-state index contributed by atoms with van der Waals surface area (Å²) >= 11 is 0. The molecule has 3 heterocycles. The van der Waals surface area contributed by atoms with Crippen molar-refractivity contribution in [2.45, 2.75) is 25.4 Å². The van der Waals surface area contributed by atoms with E-state index in [1.165, 1.54) is 10.6 Å². The standard InChI is InChI=1S/C32H23FN6O2/c33-25-13-21(18-8-9-18)12-20-10-11-39(31(41)28(20)25)27-3-1-2-22(24(27)16-40)29-23-14-26(36-30(23)38-32(35)37-29)19-6-4-17(15-34)5-7-19/h1-7,10-14,18,40H,8-9,16H2,(H3,35,36,37,38). The molecule has 0 amide bonds. The fourth-order valence-corrected chi connectivity index (χ4v) is 5.49. The zero-order valence-corrected chi connectivity index (χ0v) is 21.7. The Balaban J connectivity index is 1.40. The molecule has 8 nitrogen and oxygen atoms in total. The fourth-order valence-electron chi connectivity index (χ4n) is 5.49. The third-order valence-corrected chi connectivity index (χ3v) is 7.68. The summed E-state index contributed by atoms with van der Waals surface area (Å²) in [5.74, 6) is -0.151. The highest BCUT2D eigenvalue weighted by molar-refractivity contribution is 5.96. The van der Waals surface area contributed by atoms with Crippen molar-refractivity contribution in [3.8, 4) is 34.3 Å². The molecule has 1 saturated carbocycles. The van der Waals surface area contributed by atoms with Gasteiger partial charge in [-0.3, -0.25) is 9.36 Å². The zero-order valence-electron chi connectivity index (χ0n) is 21.7. The van der Waals surface area contributed by atoms with Crippen molar-refractivity contribution in [3.63, 3.8) is 0 Å². The lowest BCUT2D eigenvalue weighted by molar-refractivity contribution is 0.282. The average Bonchev–Trinajstić information content (AvgIpc) is 3.75. The molecular weight excluding hydrogens is 519 g/mol. The van der Waals surface area contributed by atoms with Crippen LogP contribution < -0.4 is 11.3 Å². The molecule has 0 bridgehead atoms. The summed E-state index contributed by atoms with van der Waals surface area (Å²) in [4.78, 5) is 25.7. The molecule has 0 radical (unpaired) electrons. The van der Waals surface area contributed by atoms with Crippen LogP contribution in [0.1, 0.15) is 35.4 Å². The highest BCUT2D eigenvalue weighted by atomic mass is 19.1. The number of halogens is 1. The second-order valence-electron chi connectivity index (χ2n) is 10.3. The van der Waals surface area contributed by atoms with Gasteiger partial charge < -0.3 is 15.8 Å². The molecule has 6 aromatic rings. The van der Waals surface area contributed by atoms with E-state index in [2.05, 4.69) is 21.0 Å². The molecule has 9 heteroatoms. The predicted molar refractivity (Wildman–Crippen MR) is 155 cm³/mol. The van der Waals surface area contributed by atoms with Crippen LogP contribution in [0.25, 0.3) is 50.0 Å². The van der Waals surface area contributed by atoms with E-state index in [-0.39, 0.29) is 11.3 Å². The Morgan fingerprint density at radius 3 is 2.63 bits per heavy atom. The first-order chi connectivity index (χ1) is 19.9. The number of aliphatic hydroxyl groups is 1. The highest BCUT2D eigenvalue weighted by Gasteiger charge is 2.25. The summed E-state index contributed by atoms with van der Waals surface area (Å²) in [6.45, 7) is -0.405. The topological polar surface area (TPSA) is 134 Å². The van der Waals surface area contributed by atoms with E-state index in [0.717, 1.165) is 29.7 Å². The Kier molecular flexibility index (Phi) is 5.66. The van der Waals surface area contributed by atoms with Gasteiger partial charge in [0.15, 0.2) is 0 Å². The van der Waals surface area contributed by atoms with Crippen LogP contribution in [0.15, 0.2) is 77.7 Å². The van der Waals surface area contributed by atoms with E-state index in [1.807, 2.05) is 24.3 Å². The largest absolute Gasteiger partial charge is 0.392 e. The molecule has 1 aliphatic rings. The van der Waals surface area contributed by atoms with Crippen molar-refractivity contribution in [2.75, 3.05) is 5.73 Å². The molecule has 200 valence electrons. The molecule has 0 saturated heterocycles. The lowest BCUT2D eigenvalue weighted by atomic mass is 9.99. The van der Waals surface area contributed by atoms with Crippen molar-refractivity contribution >= 4 is 27.8 Å². The van der Waals surface area contributed by atoms with Crippen LogP contribution in [0, 0.1) is 17.1 Å². The Morgan fingerprint density at radius 1 is 1.10 bits per heavy atom. The minimum atomic E-state index is -0.543. The number of nitrogens with one attached hydrogen (secondary N) is 1. The summed E-state index contributed by atoms with van der Waals surface area (Å²) in [5.41, 5.74) is 11.0. The average molecular weight is 543 g/mol. The second-order valence-corrected chi connectivity index (χ2v) is 10.3. The number of H-pyrrole nitrogens is 1. The fraction of sp³-hybridized carbons (Fsp3) is 0.125. The number of fused-ring (bicyclic) bond motifs is 2. The number of benzene rings is 3. The number of aromatic amines is 1. The zero-order chi connectivity index (χ0) is 28.2. The lowest BCUT2D eigenvalue weighted by Gasteiger charge is -2.16. The number of hydrogen-bond donors (Lipinski definition) is 3. The molecule has 41 heavy (non-hydrogen) atoms. The van der Waals surface area contributed by atoms with Gasteiger partial charge in [-0.15, -0.1) is 0 Å². The van der Waals surface area contributed by atoms with E-state index in [4.69, 9.17) is 11.0 Å². The maximum Gasteiger partial charge on any atom is 0.265 e. The van der Waals surface area contributed by atoms with Crippen LogP contribution in [-0.2, 0) is 6.61 Å². The van der Waals surface area contributed by atoms with Gasteiger partial charge in [-0.1, -0.05) is 30.3 Å². The summed E-state index contributed by atoms with van der Waals surface area (Å²) in [6.07, 6.45) is 3.68. The van der Waals surface area contributed by atoms with Gasteiger partial charge in [-0.25, -0.2) is 9.37 Å². The number of nitrogens with zero attached hydrogens (tertiary/aromatic N) is 4. The molecule has 0 unspecified atom stereocenters. The molecule has 0 spiro atoms. The molecule has 3 aromatic carbocycles. The van der Waals surface area contributed by atoms with Crippen molar-refractivity contribution in [3.05, 3.63) is 106 Å². The van der Waals surface area contributed by atoms with E-state index >= 15 is 4.39 Å². The van der Waals surface area contributed by atoms with Gasteiger partial charge in [0.1, 0.15) is 11.5 Å². The number of rotatable bonds is 5. The molecule has 0 aliphatic heterocycles. The van der Waals surface area contributed by atoms with E-state index in [0.29, 0.717) is 50.4 Å². The molecular formula is C32H23FN6O2. The van der Waals surface area contributed by atoms with Gasteiger partial charge in [-0.05, 0) is 71.7 Å². The van der Waals surface area contributed by atoms with E-state index < -0.39 is 18.0 Å². The van der Waals surface area contributed by atoms with Crippen LogP contribution in [0.2, 0.25) is 0 Å². The molecule has 7 rings (SSSR count). The Labute approximate surface area is 233 Å². The smallest absolute Gasteiger partial charge is 0.265 e. The first-order valence-corrected chi connectivity index (χ1v) is 13.2. The van der Waals surface area contributed by atoms with Crippen LogP contribution in [-0.4, -0.2) is 24.6 Å². The monoisotopic (exact) mass is 542 g/mol. The number of nitriles is 1. The minimum absolute atomic E-state index is 0.0116. The molecule has 3 aromatic heterocycles. The number of hydrogen-bond acceptors (Lipinski definition) is 6. The summed E-state index contributed by atoms with van der Waals surface area (Å²) < 4.78 is 16.6. The Hall–Kier alpha value is -5.33. The third kappa shape index (κ3) is 4.13. The second kappa shape index (κ2) is 9.40. The summed E-state index contributed by atoms with van der Waals surface area (Å²) in [5, 5.41) is 20.9. The number of aliphatic hydroxyl groups excluding tert-OH is 1. The first kappa shape index (κ1) is 24.7. The number of nitrogens with two attached hydrogens (primary N) is 1. The van der Waals surface area contributed by atoms with Gasteiger partial charge in [0, 0.05) is 28.4 Å². The van der Waals surface area contributed by atoms with Crippen LogP contribution in [0.5, 0.6) is 0 Å². The molecule has 4 N–H and O–H groups in total. The molecule has 1 fully saturated rings. The summed E-state index contributed by atoms with van der Waals surface area (Å²) in [7, 11) is 0. The predicted octanol–water partition coefficient (Wildman–Crippen LogP) is 5.56. The van der Waals surface area contributed by atoms with Crippen LogP contribution in [0.3, 0.4) is 0 Å². The lowest BCUT2D eigenvalue weighted by Crippen LogP contribution is -2.20. The highest BCUT2D eigenvalue weighted by Crippen LogP contribution is 2.41. The van der Waals surface area contributed by atoms with Crippen molar-refractivity contribution in [1.82, 2.24) is 19.5 Å². The quantitative estimate of drug-likeness (QED) is 0.261. The molecule has 0 atom stereocenters. The normalized spacial score (nSPS) is 13.1. The molecule has 1 aliphatic carbocycles. The van der Waals surface area contributed by atoms with Crippen LogP contribution in [0.4, 0.5) is 10.3 Å². The van der Waals surface area contributed by atoms with Gasteiger partial charge in [0.05, 0.1) is 35.0 Å². The van der Waals surface area contributed by atoms with E-state index in [9.17, 15) is 9.90 Å². The maximum atomic E-state index is 15.2. The number of aromatic nitrogens is 4. The van der Waals surface area contributed by atoms with E-state index in [1.54, 1.807) is 42.6 Å². The minimum Gasteiger partial charge on any atom is -0.392 e. The SMILES string of the molecule is N#Cc1ccc(-c2cc3c(-c4cccc(-n5ccc6cc(C7CC7)cc(F)c6c5=O)c4CO)nc(N)nc3[nH]2)cc1. The number of anilines is 1. The number of nitrogen functional groups attached to an aromatic ring is 1. The Bertz CT molecular complexity index is 2100. The van der Waals surface area contributed by atoms with Crippen LogP contribution >= 0.6 is 0 Å². The van der Waals surface area contributed by atoms with Gasteiger partial charge in [0.2, 0.25) is 5.95 Å². The maximum absolute atomic E-state index is 15.2. The van der Waals surface area contributed by atoms with Crippen molar-refractivity contribution in [2.24, 2.45) is 0 Å².